The molecule has 2 aromatic rings. The zero-order valence-corrected chi connectivity index (χ0v) is 18.3. The number of hydrogen-bond acceptors (Lipinski definition) is 5. The van der Waals surface area contributed by atoms with E-state index in [9.17, 15) is 14.0 Å². The number of anilines is 2. The van der Waals surface area contributed by atoms with Crippen LogP contribution in [0.1, 0.15) is 37.0 Å². The fourth-order valence-corrected chi connectivity index (χ4v) is 4.36. The molecule has 8 nitrogen and oxygen atoms in total. The summed E-state index contributed by atoms with van der Waals surface area (Å²) in [5, 5.41) is 5.62. The molecule has 2 aliphatic heterocycles. The Bertz CT molecular complexity index is 933. The van der Waals surface area contributed by atoms with Crippen molar-refractivity contribution in [1.29, 1.82) is 0 Å². The van der Waals surface area contributed by atoms with E-state index in [2.05, 4.69) is 10.6 Å². The monoisotopic (exact) mass is 444 g/mol. The molecule has 2 aliphatic rings. The minimum absolute atomic E-state index is 0.0307. The van der Waals surface area contributed by atoms with Gasteiger partial charge in [0.2, 0.25) is 0 Å². The molecule has 0 radical (unpaired) electrons. The van der Waals surface area contributed by atoms with Crippen LogP contribution in [0.25, 0.3) is 0 Å². The number of rotatable bonds is 4. The first-order chi connectivity index (χ1) is 15.4. The maximum atomic E-state index is 14.7. The van der Waals surface area contributed by atoms with E-state index in [0.717, 1.165) is 0 Å². The zero-order chi connectivity index (χ0) is 22.7. The molecular formula is C23H29FN4O4. The average molecular weight is 445 g/mol. The number of hydrogen-bond donors (Lipinski definition) is 2. The van der Waals surface area contributed by atoms with E-state index in [-0.39, 0.29) is 36.0 Å². The Hall–Kier alpha value is -3.07. The van der Waals surface area contributed by atoms with Crippen molar-refractivity contribution in [2.75, 3.05) is 36.4 Å². The molecule has 0 bridgehead atoms. The van der Waals surface area contributed by atoms with Gasteiger partial charge in [0.15, 0.2) is 0 Å². The second-order valence-corrected chi connectivity index (χ2v) is 8.51. The molecule has 9 heteroatoms. The van der Waals surface area contributed by atoms with Crippen LogP contribution >= 0.6 is 0 Å². The second-order valence-electron chi connectivity index (χ2n) is 8.51. The van der Waals surface area contributed by atoms with Gasteiger partial charge in [0.25, 0.3) is 5.91 Å². The number of likely N-dealkylation sites (tertiary alicyclic amines) is 1. The van der Waals surface area contributed by atoms with Crippen LogP contribution in [-0.4, -0.2) is 61.3 Å². The van der Waals surface area contributed by atoms with Gasteiger partial charge < -0.3 is 29.6 Å². The predicted molar refractivity (Wildman–Crippen MR) is 118 cm³/mol. The number of carbonyl (C=O) groups is 2. The maximum Gasteiger partial charge on any atom is 0.319 e. The molecule has 2 fully saturated rings. The summed E-state index contributed by atoms with van der Waals surface area (Å²) in [6.07, 6.45) is 4.27. The number of carbonyl (C=O) groups excluding carboxylic acids is 2. The lowest BCUT2D eigenvalue weighted by Gasteiger charge is -2.37. The summed E-state index contributed by atoms with van der Waals surface area (Å²) in [5.74, 6) is -0.448. The van der Waals surface area contributed by atoms with Crippen LogP contribution in [0.3, 0.4) is 0 Å². The Morgan fingerprint density at radius 1 is 1.09 bits per heavy atom. The lowest BCUT2D eigenvalue weighted by Crippen LogP contribution is -2.47. The molecule has 4 rings (SSSR count). The largest absolute Gasteiger partial charge is 0.472 e. The zero-order valence-electron chi connectivity index (χ0n) is 18.3. The quantitative estimate of drug-likeness (QED) is 0.754. The summed E-state index contributed by atoms with van der Waals surface area (Å²) in [5.41, 5.74) is 1.43. The molecule has 3 heterocycles. The molecule has 0 saturated carbocycles. The number of ether oxygens (including phenoxy) is 1. The third-order valence-electron chi connectivity index (χ3n) is 5.85. The van der Waals surface area contributed by atoms with Gasteiger partial charge in [0, 0.05) is 37.9 Å². The number of amides is 3. The van der Waals surface area contributed by atoms with Gasteiger partial charge in [-0.05, 0) is 51.0 Å². The Balaban J connectivity index is 1.27. The standard InChI is InChI=1S/C23H29FN4O4/c1-15-12-28(13-16(2)32-15)21-4-3-19(11-20(21)24)26-23(30)25-18-5-8-27(9-6-18)22(29)17-7-10-31-14-17/h3-4,7,10-11,14-16,18H,5-6,8-9,12-13H2,1-2H3,(H2,25,26,30). The van der Waals surface area contributed by atoms with Gasteiger partial charge in [-0.25, -0.2) is 9.18 Å². The predicted octanol–water partition coefficient (Wildman–Crippen LogP) is 3.46. The number of nitrogens with zero attached hydrogens (tertiary/aromatic N) is 2. The van der Waals surface area contributed by atoms with Crippen molar-refractivity contribution in [1.82, 2.24) is 10.2 Å². The summed E-state index contributed by atoms with van der Waals surface area (Å²) in [7, 11) is 0. The number of morpholine rings is 1. The summed E-state index contributed by atoms with van der Waals surface area (Å²) in [6, 6.07) is 5.94. The van der Waals surface area contributed by atoms with Crippen LogP contribution in [0.15, 0.2) is 41.2 Å². The minimum Gasteiger partial charge on any atom is -0.472 e. The molecule has 2 N–H and O–H groups in total. The van der Waals surface area contributed by atoms with Crippen LogP contribution in [0.5, 0.6) is 0 Å². The van der Waals surface area contributed by atoms with E-state index in [1.54, 1.807) is 23.1 Å². The molecule has 2 unspecified atom stereocenters. The number of furan rings is 1. The summed E-state index contributed by atoms with van der Waals surface area (Å²) >= 11 is 0. The number of benzene rings is 1. The van der Waals surface area contributed by atoms with Crippen molar-refractivity contribution in [3.63, 3.8) is 0 Å². The van der Waals surface area contributed by atoms with Crippen LogP contribution < -0.4 is 15.5 Å². The number of nitrogens with one attached hydrogen (secondary N) is 2. The van der Waals surface area contributed by atoms with Gasteiger partial charge in [-0.1, -0.05) is 0 Å². The van der Waals surface area contributed by atoms with E-state index in [1.807, 2.05) is 18.7 Å². The van der Waals surface area contributed by atoms with Crippen LogP contribution in [0.2, 0.25) is 0 Å². The van der Waals surface area contributed by atoms with E-state index >= 15 is 0 Å². The molecule has 0 aliphatic carbocycles. The highest BCUT2D eigenvalue weighted by molar-refractivity contribution is 5.94. The normalized spacial score (nSPS) is 22.0. The fraction of sp³-hybridized carbons (Fsp3) is 0.478. The van der Waals surface area contributed by atoms with Crippen molar-refractivity contribution in [2.24, 2.45) is 0 Å². The van der Waals surface area contributed by atoms with Gasteiger partial charge in [-0.15, -0.1) is 0 Å². The first kappa shape index (κ1) is 22.1. The van der Waals surface area contributed by atoms with E-state index in [4.69, 9.17) is 9.15 Å². The van der Waals surface area contributed by atoms with E-state index in [0.29, 0.717) is 56.0 Å². The molecular weight excluding hydrogens is 415 g/mol. The van der Waals surface area contributed by atoms with Crippen molar-refractivity contribution in [3.8, 4) is 0 Å². The van der Waals surface area contributed by atoms with Crippen LogP contribution in [0, 0.1) is 5.82 Å². The molecule has 2 atom stereocenters. The third kappa shape index (κ3) is 5.21. The topological polar surface area (TPSA) is 87.1 Å². The van der Waals surface area contributed by atoms with Gasteiger partial charge in [0.1, 0.15) is 12.1 Å². The van der Waals surface area contributed by atoms with Gasteiger partial charge in [0.05, 0.1) is 29.7 Å². The third-order valence-corrected chi connectivity index (χ3v) is 5.85. The summed E-state index contributed by atoms with van der Waals surface area (Å²) in [4.78, 5) is 28.5. The van der Waals surface area contributed by atoms with Gasteiger partial charge in [-0.3, -0.25) is 4.79 Å². The molecule has 172 valence electrons. The highest BCUT2D eigenvalue weighted by atomic mass is 19.1. The Labute approximate surface area is 186 Å². The lowest BCUT2D eigenvalue weighted by atomic mass is 10.0. The molecule has 0 spiro atoms. The van der Waals surface area contributed by atoms with E-state index < -0.39 is 0 Å². The smallest absolute Gasteiger partial charge is 0.319 e. The van der Waals surface area contributed by atoms with Crippen molar-refractivity contribution >= 4 is 23.3 Å². The molecule has 32 heavy (non-hydrogen) atoms. The second kappa shape index (κ2) is 9.60. The number of urea groups is 1. The molecule has 2 saturated heterocycles. The summed E-state index contributed by atoms with van der Waals surface area (Å²) in [6.45, 7) is 6.29. The highest BCUT2D eigenvalue weighted by Gasteiger charge is 2.26. The van der Waals surface area contributed by atoms with Crippen molar-refractivity contribution in [2.45, 2.75) is 44.9 Å². The first-order valence-corrected chi connectivity index (χ1v) is 11.0. The molecule has 3 amide bonds. The first-order valence-electron chi connectivity index (χ1n) is 11.0. The van der Waals surface area contributed by atoms with Crippen molar-refractivity contribution in [3.05, 3.63) is 48.2 Å². The number of piperidine rings is 1. The number of halogens is 1. The highest BCUT2D eigenvalue weighted by Crippen LogP contribution is 2.26. The average Bonchev–Trinajstić information content (AvgIpc) is 3.28. The van der Waals surface area contributed by atoms with Crippen LogP contribution in [-0.2, 0) is 4.74 Å². The Kier molecular flexibility index (Phi) is 6.64. The van der Waals surface area contributed by atoms with Gasteiger partial charge in [-0.2, -0.15) is 0 Å². The van der Waals surface area contributed by atoms with Gasteiger partial charge >= 0.3 is 6.03 Å². The van der Waals surface area contributed by atoms with Crippen molar-refractivity contribution < 1.29 is 23.1 Å². The Morgan fingerprint density at radius 2 is 1.81 bits per heavy atom. The van der Waals surface area contributed by atoms with Crippen LogP contribution in [0.4, 0.5) is 20.6 Å². The summed E-state index contributed by atoms with van der Waals surface area (Å²) < 4.78 is 25.4. The minimum atomic E-state index is -0.384. The molecule has 1 aromatic heterocycles. The molecule has 1 aromatic carbocycles. The fourth-order valence-electron chi connectivity index (χ4n) is 4.36. The maximum absolute atomic E-state index is 14.7. The Morgan fingerprint density at radius 3 is 2.44 bits per heavy atom. The lowest BCUT2D eigenvalue weighted by molar-refractivity contribution is -0.00539. The SMILES string of the molecule is CC1CN(c2ccc(NC(=O)NC3CCN(C(=O)c4ccoc4)CC3)cc2F)CC(C)O1. The van der Waals surface area contributed by atoms with E-state index in [1.165, 1.54) is 18.6 Å².